The average Bonchev–Trinajstić information content (AvgIpc) is 3.02. The van der Waals surface area contributed by atoms with E-state index in [4.69, 9.17) is 15.0 Å². The van der Waals surface area contributed by atoms with Crippen LogP contribution >= 0.6 is 15.9 Å². The van der Waals surface area contributed by atoms with Crippen LogP contribution in [0.1, 0.15) is 55.9 Å². The first-order valence-electron chi connectivity index (χ1n) is 14.3. The number of hydrogen-bond acceptors (Lipinski definition) is 8. The summed E-state index contributed by atoms with van der Waals surface area (Å²) in [5.74, 6) is -0.543. The fourth-order valence-corrected chi connectivity index (χ4v) is 5.46. The molecule has 0 aliphatic carbocycles. The molecule has 2 heterocycles. The molecular weight excluding hydrogens is 641 g/mol. The number of methoxy groups -OCH3 is 1. The van der Waals surface area contributed by atoms with E-state index in [2.05, 4.69) is 26.7 Å². The first-order valence-corrected chi connectivity index (χ1v) is 15.1. The zero-order valence-electron chi connectivity index (χ0n) is 25.5. The number of carbonyl (C=O) groups is 2. The molecule has 1 fully saturated rings. The van der Waals surface area contributed by atoms with Crippen LogP contribution in [0, 0.1) is 28.5 Å². The molecular formula is C34H33BrFN5O4. The molecule has 0 N–H and O–H groups in total. The minimum absolute atomic E-state index is 0.0745. The summed E-state index contributed by atoms with van der Waals surface area (Å²) >= 11 is 3.45. The smallest absolute Gasteiger partial charge is 0.410 e. The third-order valence-electron chi connectivity index (χ3n) is 7.23. The molecule has 0 atom stereocenters. The van der Waals surface area contributed by atoms with Crippen LogP contribution in [0.2, 0.25) is 0 Å². The third-order valence-corrected chi connectivity index (χ3v) is 8.03. The van der Waals surface area contributed by atoms with E-state index in [0.29, 0.717) is 59.6 Å². The SMILES string of the molecule is COC(=O)/C=C/c1ccc(CN(C(=O)OC(C)(C)C)C2CCN(c3cc(C#N)c(Br)c(-c4ccc(C#N)c(F)c4)n3)CC2)cc1. The minimum atomic E-state index is -0.672. The van der Waals surface area contributed by atoms with Crippen molar-refractivity contribution in [3.63, 3.8) is 0 Å². The maximum atomic E-state index is 14.4. The van der Waals surface area contributed by atoms with Gasteiger partial charge in [-0.1, -0.05) is 30.3 Å². The van der Waals surface area contributed by atoms with Crippen molar-refractivity contribution in [3.05, 3.63) is 87.2 Å². The zero-order valence-corrected chi connectivity index (χ0v) is 27.1. The van der Waals surface area contributed by atoms with Gasteiger partial charge in [0, 0.05) is 37.3 Å². The Morgan fingerprint density at radius 2 is 1.76 bits per heavy atom. The van der Waals surface area contributed by atoms with Crippen LogP contribution in [0.25, 0.3) is 17.3 Å². The number of benzene rings is 2. The van der Waals surface area contributed by atoms with Gasteiger partial charge in [0.05, 0.1) is 28.4 Å². The summed E-state index contributed by atoms with van der Waals surface area (Å²) in [5.41, 5.74) is 2.17. The molecule has 1 aliphatic heterocycles. The van der Waals surface area contributed by atoms with Gasteiger partial charge >= 0.3 is 12.1 Å². The van der Waals surface area contributed by atoms with Crippen LogP contribution in [-0.2, 0) is 20.8 Å². The molecule has 0 radical (unpaired) electrons. The zero-order chi connectivity index (χ0) is 32.7. The van der Waals surface area contributed by atoms with E-state index in [1.807, 2.05) is 56.0 Å². The monoisotopic (exact) mass is 673 g/mol. The lowest BCUT2D eigenvalue weighted by atomic mass is 10.0. The molecule has 4 rings (SSSR count). The molecule has 45 heavy (non-hydrogen) atoms. The van der Waals surface area contributed by atoms with Gasteiger partial charge in [-0.25, -0.2) is 19.0 Å². The standard InChI is InChI=1S/C34H33BrFN5O4/c1-34(2,3)45-33(43)41(21-23-7-5-22(6-8-23)9-12-30(42)44-4)27-13-15-40(16-14-27)29-18-26(20-38)31(35)32(39-29)24-10-11-25(19-37)28(36)17-24/h5-12,17-18,27H,13-16,21H2,1-4H3/b12-9+. The second kappa shape index (κ2) is 14.4. The Morgan fingerprint density at radius 1 is 1.09 bits per heavy atom. The lowest BCUT2D eigenvalue weighted by Crippen LogP contribution is -2.48. The molecule has 1 saturated heterocycles. The van der Waals surface area contributed by atoms with Gasteiger partial charge in [-0.15, -0.1) is 0 Å². The Hall–Kier alpha value is -4.74. The summed E-state index contributed by atoms with van der Waals surface area (Å²) in [4.78, 5) is 33.4. The number of hydrogen-bond donors (Lipinski definition) is 0. The fourth-order valence-electron chi connectivity index (χ4n) is 4.94. The van der Waals surface area contributed by atoms with E-state index in [1.54, 1.807) is 23.1 Å². The molecule has 11 heteroatoms. The predicted octanol–water partition coefficient (Wildman–Crippen LogP) is 6.99. The second-order valence-electron chi connectivity index (χ2n) is 11.5. The first-order chi connectivity index (χ1) is 21.4. The van der Waals surface area contributed by atoms with Crippen molar-refractivity contribution in [3.8, 4) is 23.4 Å². The highest BCUT2D eigenvalue weighted by Gasteiger charge is 2.32. The van der Waals surface area contributed by atoms with E-state index >= 15 is 0 Å². The number of halogens is 2. The van der Waals surface area contributed by atoms with Gasteiger partial charge in [-0.05, 0) is 84.9 Å². The van der Waals surface area contributed by atoms with Crippen LogP contribution in [0.5, 0.6) is 0 Å². The molecule has 3 aromatic rings. The van der Waals surface area contributed by atoms with E-state index in [0.717, 1.165) is 11.1 Å². The van der Waals surface area contributed by atoms with E-state index < -0.39 is 23.5 Å². The third kappa shape index (κ3) is 8.46. The molecule has 0 saturated carbocycles. The number of nitrogens with zero attached hydrogens (tertiary/aromatic N) is 5. The number of rotatable bonds is 7. The van der Waals surface area contributed by atoms with Gasteiger partial charge in [0.25, 0.3) is 0 Å². The number of pyridine rings is 1. The molecule has 1 amide bonds. The van der Waals surface area contributed by atoms with Crippen LogP contribution in [0.4, 0.5) is 15.0 Å². The Morgan fingerprint density at radius 3 is 2.33 bits per heavy atom. The van der Waals surface area contributed by atoms with E-state index in [1.165, 1.54) is 25.3 Å². The highest BCUT2D eigenvalue weighted by molar-refractivity contribution is 9.10. The largest absolute Gasteiger partial charge is 0.466 e. The van der Waals surface area contributed by atoms with Crippen molar-refractivity contribution in [2.24, 2.45) is 0 Å². The second-order valence-corrected chi connectivity index (χ2v) is 12.3. The normalized spacial score (nSPS) is 13.6. The molecule has 1 aliphatic rings. The number of piperidine rings is 1. The van der Waals surface area contributed by atoms with Gasteiger partial charge in [-0.2, -0.15) is 10.5 Å². The molecule has 1 aromatic heterocycles. The van der Waals surface area contributed by atoms with Crippen molar-refractivity contribution >= 4 is 39.9 Å². The summed E-state index contributed by atoms with van der Waals surface area (Å²) < 4.78 is 25.3. The molecule has 0 spiro atoms. The molecule has 0 unspecified atom stereocenters. The summed E-state index contributed by atoms with van der Waals surface area (Å²) in [5, 5.41) is 18.9. The van der Waals surface area contributed by atoms with Gasteiger partial charge in [-0.3, -0.25) is 0 Å². The Kier molecular flexibility index (Phi) is 10.6. The minimum Gasteiger partial charge on any atom is -0.466 e. The summed E-state index contributed by atoms with van der Waals surface area (Å²) in [6.07, 6.45) is 3.85. The maximum absolute atomic E-state index is 14.4. The van der Waals surface area contributed by atoms with Gasteiger partial charge < -0.3 is 19.3 Å². The number of anilines is 1. The Bertz CT molecular complexity index is 1680. The van der Waals surface area contributed by atoms with Crippen molar-refractivity contribution in [2.75, 3.05) is 25.1 Å². The Labute approximate surface area is 270 Å². The van der Waals surface area contributed by atoms with Crippen molar-refractivity contribution < 1.29 is 23.5 Å². The van der Waals surface area contributed by atoms with Crippen molar-refractivity contribution in [2.45, 2.75) is 51.8 Å². The summed E-state index contributed by atoms with van der Waals surface area (Å²) in [7, 11) is 1.32. The summed E-state index contributed by atoms with van der Waals surface area (Å²) in [6.45, 7) is 6.94. The van der Waals surface area contributed by atoms with Crippen LogP contribution in [0.3, 0.4) is 0 Å². The number of nitriles is 2. The van der Waals surface area contributed by atoms with Crippen LogP contribution in [-0.4, -0.2) is 53.8 Å². The summed E-state index contributed by atoms with van der Waals surface area (Å²) in [6, 6.07) is 17.4. The van der Waals surface area contributed by atoms with Crippen molar-refractivity contribution in [1.29, 1.82) is 10.5 Å². The number of aromatic nitrogens is 1. The molecule has 0 bridgehead atoms. The van der Waals surface area contributed by atoms with Crippen LogP contribution < -0.4 is 4.90 Å². The van der Waals surface area contributed by atoms with Crippen molar-refractivity contribution in [1.82, 2.24) is 9.88 Å². The topological polar surface area (TPSA) is 120 Å². The highest BCUT2D eigenvalue weighted by Crippen LogP contribution is 2.34. The lowest BCUT2D eigenvalue weighted by molar-refractivity contribution is -0.134. The molecule has 2 aromatic carbocycles. The lowest BCUT2D eigenvalue weighted by Gasteiger charge is -2.39. The number of esters is 1. The number of ether oxygens (including phenoxy) is 2. The number of amides is 1. The van der Waals surface area contributed by atoms with E-state index in [-0.39, 0.29) is 11.6 Å². The molecule has 9 nitrogen and oxygen atoms in total. The average molecular weight is 675 g/mol. The quantitative estimate of drug-likeness (QED) is 0.195. The fraction of sp³-hybridized carbons (Fsp3) is 0.324. The van der Waals surface area contributed by atoms with Crippen LogP contribution in [0.15, 0.2) is 59.1 Å². The Balaban J connectivity index is 1.54. The van der Waals surface area contributed by atoms with E-state index in [9.17, 15) is 19.2 Å². The predicted molar refractivity (Wildman–Crippen MR) is 171 cm³/mol. The van der Waals surface area contributed by atoms with Gasteiger partial charge in [0.2, 0.25) is 0 Å². The number of carbonyl (C=O) groups excluding carboxylic acids is 2. The first kappa shape index (κ1) is 33.2. The highest BCUT2D eigenvalue weighted by atomic mass is 79.9. The molecule has 232 valence electrons. The van der Waals surface area contributed by atoms with Gasteiger partial charge in [0.1, 0.15) is 29.4 Å². The maximum Gasteiger partial charge on any atom is 0.410 e. The van der Waals surface area contributed by atoms with Gasteiger partial charge in [0.15, 0.2) is 0 Å².